The minimum absolute atomic E-state index is 0.0432. The van der Waals surface area contributed by atoms with Gasteiger partial charge in [0.05, 0.1) is 18.0 Å². The van der Waals surface area contributed by atoms with Crippen molar-refractivity contribution in [3.63, 3.8) is 0 Å². The van der Waals surface area contributed by atoms with E-state index in [9.17, 15) is 17.6 Å². The Labute approximate surface area is 182 Å². The SMILES string of the molecule is CS(=O)(=O)Nc1ccc(C2=NN(C(=O)C3CCCCC3)[C@H](c3ccccc3F)C2)cc1. The first-order valence-corrected chi connectivity index (χ1v) is 12.4. The van der Waals surface area contributed by atoms with E-state index in [0.717, 1.165) is 43.9 Å². The number of rotatable bonds is 5. The van der Waals surface area contributed by atoms with Gasteiger partial charge < -0.3 is 0 Å². The Hall–Kier alpha value is -2.74. The summed E-state index contributed by atoms with van der Waals surface area (Å²) in [5.41, 5.74) is 2.37. The summed E-state index contributed by atoms with van der Waals surface area (Å²) < 4.78 is 39.9. The van der Waals surface area contributed by atoms with Gasteiger partial charge in [0.15, 0.2) is 0 Å². The van der Waals surface area contributed by atoms with Crippen LogP contribution < -0.4 is 4.72 Å². The predicted molar refractivity (Wildman–Crippen MR) is 119 cm³/mol. The van der Waals surface area contributed by atoms with Gasteiger partial charge in [0.1, 0.15) is 5.82 Å². The summed E-state index contributed by atoms with van der Waals surface area (Å²) in [6.45, 7) is 0. The number of anilines is 1. The van der Waals surface area contributed by atoms with E-state index in [1.807, 2.05) is 0 Å². The van der Waals surface area contributed by atoms with Crippen molar-refractivity contribution in [2.75, 3.05) is 11.0 Å². The molecule has 1 aliphatic heterocycles. The summed E-state index contributed by atoms with van der Waals surface area (Å²) in [5.74, 6) is -0.469. The number of hydrogen-bond donors (Lipinski definition) is 1. The van der Waals surface area contributed by atoms with Gasteiger partial charge in [-0.1, -0.05) is 49.6 Å². The van der Waals surface area contributed by atoms with Crippen LogP contribution in [0.25, 0.3) is 0 Å². The molecule has 1 saturated carbocycles. The zero-order chi connectivity index (χ0) is 22.0. The lowest BCUT2D eigenvalue weighted by atomic mass is 9.88. The summed E-state index contributed by atoms with van der Waals surface area (Å²) in [6, 6.07) is 12.9. The van der Waals surface area contributed by atoms with Crippen LogP contribution in [0.5, 0.6) is 0 Å². The number of amides is 1. The van der Waals surface area contributed by atoms with Gasteiger partial charge in [-0.05, 0) is 36.6 Å². The molecule has 1 aliphatic carbocycles. The van der Waals surface area contributed by atoms with E-state index >= 15 is 0 Å². The third-order valence-electron chi connectivity index (χ3n) is 5.88. The molecule has 1 atom stereocenters. The third-order valence-corrected chi connectivity index (χ3v) is 6.48. The standard InChI is InChI=1S/C23H26FN3O3S/c1-31(29,30)26-18-13-11-16(12-14-18)21-15-22(19-9-5-6-10-20(19)24)27(25-21)23(28)17-7-3-2-4-8-17/h5-6,9-14,17,22,26H,2-4,7-8,15H2,1H3/t22-/m0/s1. The number of benzene rings is 2. The van der Waals surface area contributed by atoms with Crippen LogP contribution in [0.4, 0.5) is 10.1 Å². The molecule has 164 valence electrons. The van der Waals surface area contributed by atoms with Crippen molar-refractivity contribution in [3.05, 3.63) is 65.5 Å². The van der Waals surface area contributed by atoms with Gasteiger partial charge in [-0.15, -0.1) is 0 Å². The average molecular weight is 444 g/mol. The molecule has 6 nitrogen and oxygen atoms in total. The lowest BCUT2D eigenvalue weighted by molar-refractivity contribution is -0.138. The van der Waals surface area contributed by atoms with Crippen LogP contribution in [0.2, 0.25) is 0 Å². The number of nitrogens with one attached hydrogen (secondary N) is 1. The molecular weight excluding hydrogens is 417 g/mol. The zero-order valence-corrected chi connectivity index (χ0v) is 18.2. The molecule has 0 saturated heterocycles. The molecule has 0 aromatic heterocycles. The largest absolute Gasteiger partial charge is 0.284 e. The summed E-state index contributed by atoms with van der Waals surface area (Å²) in [6.07, 6.45) is 6.38. The average Bonchev–Trinajstić information content (AvgIpc) is 3.19. The highest BCUT2D eigenvalue weighted by atomic mass is 32.2. The van der Waals surface area contributed by atoms with Crippen LogP contribution in [0.3, 0.4) is 0 Å². The molecule has 0 unspecified atom stereocenters. The Bertz CT molecular complexity index is 1090. The summed E-state index contributed by atoms with van der Waals surface area (Å²) in [7, 11) is -3.37. The summed E-state index contributed by atoms with van der Waals surface area (Å²) >= 11 is 0. The molecule has 1 N–H and O–H groups in total. The Balaban J connectivity index is 1.64. The first kappa shape index (κ1) is 21.5. The van der Waals surface area contributed by atoms with Gasteiger partial charge in [-0.3, -0.25) is 9.52 Å². The molecule has 1 heterocycles. The van der Waals surface area contributed by atoms with Crippen LogP contribution in [-0.2, 0) is 14.8 Å². The van der Waals surface area contributed by atoms with Crippen molar-refractivity contribution in [1.82, 2.24) is 5.01 Å². The van der Waals surface area contributed by atoms with Crippen LogP contribution in [-0.4, -0.2) is 31.3 Å². The summed E-state index contributed by atoms with van der Waals surface area (Å²) in [5, 5.41) is 6.11. The van der Waals surface area contributed by atoms with Crippen molar-refractivity contribution in [3.8, 4) is 0 Å². The molecule has 1 amide bonds. The Kier molecular flexibility index (Phi) is 6.09. The number of carbonyl (C=O) groups excluding carboxylic acids is 1. The topological polar surface area (TPSA) is 78.8 Å². The van der Waals surface area contributed by atoms with E-state index in [2.05, 4.69) is 9.82 Å². The first-order chi connectivity index (χ1) is 14.8. The maximum atomic E-state index is 14.6. The fourth-order valence-electron chi connectivity index (χ4n) is 4.36. The van der Waals surface area contributed by atoms with Gasteiger partial charge in [-0.2, -0.15) is 5.10 Å². The van der Waals surface area contributed by atoms with E-state index in [4.69, 9.17) is 0 Å². The lowest BCUT2D eigenvalue weighted by Crippen LogP contribution is -2.34. The lowest BCUT2D eigenvalue weighted by Gasteiger charge is -2.28. The Morgan fingerprint density at radius 1 is 1.06 bits per heavy atom. The normalized spacial score (nSPS) is 19.9. The van der Waals surface area contributed by atoms with E-state index < -0.39 is 16.1 Å². The van der Waals surface area contributed by atoms with Gasteiger partial charge in [0, 0.05) is 23.6 Å². The molecule has 2 aromatic carbocycles. The highest BCUT2D eigenvalue weighted by molar-refractivity contribution is 7.92. The van der Waals surface area contributed by atoms with Crippen molar-refractivity contribution < 1.29 is 17.6 Å². The van der Waals surface area contributed by atoms with Crippen molar-refractivity contribution in [2.45, 2.75) is 44.6 Å². The molecule has 0 spiro atoms. The Morgan fingerprint density at radius 2 is 1.74 bits per heavy atom. The molecule has 1 fully saturated rings. The molecule has 0 radical (unpaired) electrons. The van der Waals surface area contributed by atoms with Crippen molar-refractivity contribution in [2.24, 2.45) is 11.0 Å². The van der Waals surface area contributed by atoms with Gasteiger partial charge in [-0.25, -0.2) is 17.8 Å². The number of hydrazone groups is 1. The highest BCUT2D eigenvalue weighted by Crippen LogP contribution is 2.37. The fraction of sp³-hybridized carbons (Fsp3) is 0.391. The summed E-state index contributed by atoms with van der Waals surface area (Å²) in [4.78, 5) is 13.3. The van der Waals surface area contributed by atoms with E-state index in [1.165, 1.54) is 11.1 Å². The van der Waals surface area contributed by atoms with Crippen LogP contribution >= 0.6 is 0 Å². The zero-order valence-electron chi connectivity index (χ0n) is 17.4. The monoisotopic (exact) mass is 443 g/mol. The third kappa shape index (κ3) is 4.95. The van der Waals surface area contributed by atoms with E-state index in [-0.39, 0.29) is 17.6 Å². The predicted octanol–water partition coefficient (Wildman–Crippen LogP) is 4.46. The molecular formula is C23H26FN3O3S. The molecule has 31 heavy (non-hydrogen) atoms. The number of carbonyl (C=O) groups is 1. The van der Waals surface area contributed by atoms with Gasteiger partial charge in [0.2, 0.25) is 15.9 Å². The van der Waals surface area contributed by atoms with E-state index in [0.29, 0.717) is 23.4 Å². The molecule has 0 bridgehead atoms. The number of halogens is 1. The number of hydrogen-bond acceptors (Lipinski definition) is 4. The number of nitrogens with zero attached hydrogens (tertiary/aromatic N) is 2. The van der Waals surface area contributed by atoms with Gasteiger partial charge in [0.25, 0.3) is 0 Å². The second kappa shape index (κ2) is 8.78. The first-order valence-electron chi connectivity index (χ1n) is 10.5. The second-order valence-electron chi connectivity index (χ2n) is 8.26. The van der Waals surface area contributed by atoms with Gasteiger partial charge >= 0.3 is 0 Å². The molecule has 2 aliphatic rings. The Morgan fingerprint density at radius 3 is 2.39 bits per heavy atom. The molecule has 8 heteroatoms. The van der Waals surface area contributed by atoms with Crippen LogP contribution in [0, 0.1) is 11.7 Å². The minimum atomic E-state index is -3.37. The highest BCUT2D eigenvalue weighted by Gasteiger charge is 2.37. The smallest absolute Gasteiger partial charge is 0.246 e. The number of sulfonamides is 1. The van der Waals surface area contributed by atoms with Crippen LogP contribution in [0.1, 0.15) is 55.7 Å². The maximum absolute atomic E-state index is 14.6. The minimum Gasteiger partial charge on any atom is -0.284 e. The molecule has 2 aromatic rings. The fourth-order valence-corrected chi connectivity index (χ4v) is 4.92. The second-order valence-corrected chi connectivity index (χ2v) is 10.0. The van der Waals surface area contributed by atoms with Crippen molar-refractivity contribution >= 4 is 27.3 Å². The van der Waals surface area contributed by atoms with Crippen molar-refractivity contribution in [1.29, 1.82) is 0 Å². The molecule has 4 rings (SSSR count). The van der Waals surface area contributed by atoms with Crippen LogP contribution in [0.15, 0.2) is 53.6 Å². The maximum Gasteiger partial charge on any atom is 0.246 e. The quantitative estimate of drug-likeness (QED) is 0.741. The van der Waals surface area contributed by atoms with E-state index in [1.54, 1.807) is 42.5 Å².